The third kappa shape index (κ3) is 4.22. The highest BCUT2D eigenvalue weighted by molar-refractivity contribution is 5.92. The highest BCUT2D eigenvalue weighted by atomic mass is 16.6. The summed E-state index contributed by atoms with van der Waals surface area (Å²) in [5.41, 5.74) is 4.92. The number of carbonyl (C=O) groups is 2. The van der Waals surface area contributed by atoms with Gasteiger partial charge in [0.05, 0.1) is 24.0 Å². The van der Waals surface area contributed by atoms with Crippen LogP contribution in [0.1, 0.15) is 23.2 Å². The predicted molar refractivity (Wildman–Crippen MR) is 114 cm³/mol. The number of nitrogens with zero attached hydrogens (tertiary/aromatic N) is 1. The molecule has 160 valence electrons. The molecule has 2 aromatic carbocycles. The Morgan fingerprint density at radius 1 is 1.19 bits per heavy atom. The maximum absolute atomic E-state index is 12.0. The molecule has 7 nitrogen and oxygen atoms in total. The number of carbonyl (C=O) groups excluding carboxylic acids is 1. The van der Waals surface area contributed by atoms with E-state index in [-0.39, 0.29) is 6.42 Å². The first-order valence-corrected chi connectivity index (χ1v) is 10.1. The molecule has 1 aliphatic carbocycles. The van der Waals surface area contributed by atoms with Crippen LogP contribution in [0.15, 0.2) is 54.6 Å². The minimum absolute atomic E-state index is 0.276. The maximum Gasteiger partial charge on any atom is 0.310 e. The van der Waals surface area contributed by atoms with Gasteiger partial charge in [-0.05, 0) is 49.6 Å². The molecule has 1 heterocycles. The van der Waals surface area contributed by atoms with Crippen LogP contribution in [0.25, 0.3) is 10.9 Å². The smallest absolute Gasteiger partial charge is 0.310 e. The number of pyridine rings is 1. The Labute approximate surface area is 180 Å². The van der Waals surface area contributed by atoms with Crippen LogP contribution in [0.5, 0.6) is 5.75 Å². The molecule has 2 atom stereocenters. The van der Waals surface area contributed by atoms with Crippen molar-refractivity contribution in [3.8, 4) is 5.75 Å². The molecule has 1 amide bonds. The van der Waals surface area contributed by atoms with Crippen LogP contribution in [0.3, 0.4) is 0 Å². The van der Waals surface area contributed by atoms with Gasteiger partial charge in [0.2, 0.25) is 5.91 Å². The first kappa shape index (κ1) is 20.8. The van der Waals surface area contributed by atoms with Crippen LogP contribution >= 0.6 is 0 Å². The zero-order valence-corrected chi connectivity index (χ0v) is 17.4. The number of amides is 1. The maximum atomic E-state index is 12.0. The summed E-state index contributed by atoms with van der Waals surface area (Å²) in [4.78, 5) is 33.0. The second kappa shape index (κ2) is 8.35. The average Bonchev–Trinajstić information content (AvgIpc) is 3.49. The number of aryl methyl sites for hydroxylation is 1. The van der Waals surface area contributed by atoms with E-state index >= 15 is 0 Å². The Morgan fingerprint density at radius 3 is 2.65 bits per heavy atom. The lowest BCUT2D eigenvalue weighted by atomic mass is 9.93. The van der Waals surface area contributed by atoms with Gasteiger partial charge in [-0.3, -0.25) is 19.4 Å². The topological polar surface area (TPSA) is 97.8 Å². The number of carboxylic acids is 1. The molecule has 3 aromatic rings. The lowest BCUT2D eigenvalue weighted by Crippen LogP contribution is -2.30. The zero-order valence-electron chi connectivity index (χ0n) is 17.4. The molecule has 4 rings (SSSR count). The van der Waals surface area contributed by atoms with Crippen molar-refractivity contribution in [1.29, 1.82) is 0 Å². The number of aromatic nitrogens is 1. The molecule has 0 saturated heterocycles. The summed E-state index contributed by atoms with van der Waals surface area (Å²) < 4.78 is 5.97. The van der Waals surface area contributed by atoms with E-state index in [0.29, 0.717) is 18.8 Å². The van der Waals surface area contributed by atoms with Gasteiger partial charge in [-0.2, -0.15) is 0 Å². The van der Waals surface area contributed by atoms with E-state index in [1.807, 2.05) is 61.5 Å². The normalized spacial score (nSPS) is 19.7. The fraction of sp³-hybridized carbons (Fsp3) is 0.292. The number of rotatable bonds is 8. The minimum atomic E-state index is -1.08. The van der Waals surface area contributed by atoms with E-state index in [1.165, 1.54) is 7.11 Å². The van der Waals surface area contributed by atoms with Crippen molar-refractivity contribution in [1.82, 2.24) is 10.5 Å². The van der Waals surface area contributed by atoms with Crippen LogP contribution in [0, 0.1) is 18.3 Å². The molecule has 1 aromatic heterocycles. The monoisotopic (exact) mass is 420 g/mol. The first-order chi connectivity index (χ1) is 14.9. The number of nitrogens with one attached hydrogen (secondary N) is 1. The second-order valence-electron chi connectivity index (χ2n) is 7.94. The van der Waals surface area contributed by atoms with Gasteiger partial charge in [0, 0.05) is 16.6 Å². The summed E-state index contributed by atoms with van der Waals surface area (Å²) in [6, 6.07) is 17.3. The minimum Gasteiger partial charge on any atom is -0.489 e. The molecule has 0 aliphatic heterocycles. The third-order valence-corrected chi connectivity index (χ3v) is 5.79. The molecule has 7 heteroatoms. The second-order valence-corrected chi connectivity index (χ2v) is 7.94. The SMILES string of the molecule is CONC(=O)[C@H]1C[C@]1(Cc1ccc(OCc2cc(C)nc3ccccc23)cc1)C(=O)O. The van der Waals surface area contributed by atoms with Gasteiger partial charge >= 0.3 is 5.97 Å². The van der Waals surface area contributed by atoms with Gasteiger partial charge in [0.1, 0.15) is 12.4 Å². The van der Waals surface area contributed by atoms with Crippen molar-refractivity contribution in [3.05, 3.63) is 71.4 Å². The lowest BCUT2D eigenvalue weighted by molar-refractivity contribution is -0.147. The summed E-state index contributed by atoms with van der Waals surface area (Å²) in [5.74, 6) is -1.27. The summed E-state index contributed by atoms with van der Waals surface area (Å²) >= 11 is 0. The van der Waals surface area contributed by atoms with Gasteiger partial charge in [0.15, 0.2) is 0 Å². The Kier molecular flexibility index (Phi) is 5.61. The molecule has 0 bridgehead atoms. The zero-order chi connectivity index (χ0) is 22.0. The summed E-state index contributed by atoms with van der Waals surface area (Å²) in [6.45, 7) is 2.36. The molecule has 0 radical (unpaired) electrons. The summed E-state index contributed by atoms with van der Waals surface area (Å²) in [7, 11) is 1.33. The van der Waals surface area contributed by atoms with E-state index in [4.69, 9.17) is 4.74 Å². The third-order valence-electron chi connectivity index (χ3n) is 5.79. The summed E-state index contributed by atoms with van der Waals surface area (Å²) in [6.07, 6.45) is 0.572. The van der Waals surface area contributed by atoms with Gasteiger partial charge in [-0.25, -0.2) is 5.48 Å². The fourth-order valence-corrected chi connectivity index (χ4v) is 4.07. The first-order valence-electron chi connectivity index (χ1n) is 10.1. The molecular formula is C24H24N2O5. The molecule has 31 heavy (non-hydrogen) atoms. The van der Waals surface area contributed by atoms with Gasteiger partial charge < -0.3 is 9.84 Å². The van der Waals surface area contributed by atoms with Gasteiger partial charge in [0.25, 0.3) is 0 Å². The highest BCUT2D eigenvalue weighted by Gasteiger charge is 2.63. The number of ether oxygens (including phenoxy) is 1. The number of benzene rings is 2. The van der Waals surface area contributed by atoms with Crippen molar-refractivity contribution in [2.75, 3.05) is 7.11 Å². The largest absolute Gasteiger partial charge is 0.489 e. The highest BCUT2D eigenvalue weighted by Crippen LogP contribution is 2.55. The molecule has 1 fully saturated rings. The van der Waals surface area contributed by atoms with E-state index in [0.717, 1.165) is 27.7 Å². The molecule has 0 spiro atoms. The molecule has 0 unspecified atom stereocenters. The molecule has 2 N–H and O–H groups in total. The van der Waals surface area contributed by atoms with Crippen molar-refractivity contribution >= 4 is 22.8 Å². The van der Waals surface area contributed by atoms with E-state index < -0.39 is 23.2 Å². The predicted octanol–water partition coefficient (Wildman–Crippen LogP) is 3.43. The van der Waals surface area contributed by atoms with Crippen LogP contribution in [0.4, 0.5) is 0 Å². The number of carboxylic acid groups (broad SMARTS) is 1. The molecular weight excluding hydrogens is 396 g/mol. The number of hydrogen-bond donors (Lipinski definition) is 2. The van der Waals surface area contributed by atoms with Crippen molar-refractivity contribution in [2.24, 2.45) is 11.3 Å². The van der Waals surface area contributed by atoms with E-state index in [2.05, 4.69) is 15.3 Å². The lowest BCUT2D eigenvalue weighted by Gasteiger charge is -2.13. The van der Waals surface area contributed by atoms with Crippen LogP contribution in [-0.4, -0.2) is 29.1 Å². The summed E-state index contributed by atoms with van der Waals surface area (Å²) in [5, 5.41) is 10.7. The van der Waals surface area contributed by atoms with Crippen molar-refractivity contribution in [2.45, 2.75) is 26.4 Å². The Balaban J connectivity index is 1.44. The number of hydroxylamine groups is 1. The van der Waals surface area contributed by atoms with E-state index in [9.17, 15) is 14.7 Å². The van der Waals surface area contributed by atoms with E-state index in [1.54, 1.807) is 0 Å². The van der Waals surface area contributed by atoms with Crippen molar-refractivity contribution in [3.63, 3.8) is 0 Å². The Morgan fingerprint density at radius 2 is 1.94 bits per heavy atom. The van der Waals surface area contributed by atoms with Crippen molar-refractivity contribution < 1.29 is 24.3 Å². The number of para-hydroxylation sites is 1. The molecule has 1 aliphatic rings. The fourth-order valence-electron chi connectivity index (χ4n) is 4.07. The Bertz CT molecular complexity index is 1130. The van der Waals surface area contributed by atoms with Gasteiger partial charge in [-0.1, -0.05) is 30.3 Å². The quantitative estimate of drug-likeness (QED) is 0.542. The van der Waals surface area contributed by atoms with Crippen LogP contribution in [0.2, 0.25) is 0 Å². The Hall–Kier alpha value is -3.45. The number of fused-ring (bicyclic) bond motifs is 1. The number of hydrogen-bond acceptors (Lipinski definition) is 5. The van der Waals surface area contributed by atoms with Crippen LogP contribution in [-0.2, 0) is 27.5 Å². The number of aliphatic carboxylic acids is 1. The average molecular weight is 420 g/mol. The standard InChI is InChI=1S/C24H24N2O5/c1-15-11-17(19-5-3-4-6-21(19)25-15)14-31-18-9-7-16(8-10-18)12-24(23(28)29)13-20(24)22(27)26-30-2/h3-11,20H,12-14H2,1-2H3,(H,26,27)(H,28,29)/t20-,24+/m1/s1. The van der Waals surface area contributed by atoms with Crippen LogP contribution < -0.4 is 10.2 Å². The van der Waals surface area contributed by atoms with Gasteiger partial charge in [-0.15, -0.1) is 0 Å². The molecule has 1 saturated carbocycles.